The van der Waals surface area contributed by atoms with Crippen molar-refractivity contribution in [3.05, 3.63) is 86.5 Å². The molecule has 3 unspecified atom stereocenters. The highest BCUT2D eigenvalue weighted by Gasteiger charge is 2.24. The molecule has 18 heteroatoms. The molecule has 3 amide bonds. The highest BCUT2D eigenvalue weighted by molar-refractivity contribution is 5.98. The van der Waals surface area contributed by atoms with Crippen LogP contribution in [0.15, 0.2) is 36.4 Å². The molecule has 1 heterocycles. The Morgan fingerprint density at radius 2 is 0.746 bits per heavy atom. The number of nitrogens with one attached hydrogen (secondary N) is 3. The van der Waals surface area contributed by atoms with Crippen LogP contribution in [0.2, 0.25) is 0 Å². The number of benzene rings is 3. The van der Waals surface area contributed by atoms with Crippen LogP contribution in [0.1, 0.15) is 77.3 Å². The summed E-state index contributed by atoms with van der Waals surface area (Å²) in [5.74, 6) is -3.04. The Hall–Kier alpha value is -4.89. The standard InChI is InChI=1S/C41H58N6O12/c1-24-12-27(36(54)30(15-24)39(57)42-33(51)21-48)18-45-6-4-8-46(19-28-13-25(2)16-31(37(28)55)40(58)43-34(52)22-49)10-11-47(9-5-7-45)20-29-14-26(3)17-32(38(29)56)41(59)44-35(53)23-50/h12-17,33-35,48-56H,4-11,18-23H2,1-3H3,(H,42,57)(H,43,58)(H,44,59). The molecule has 3 aromatic carbocycles. The molecule has 59 heavy (non-hydrogen) atoms. The molecular formula is C41H58N6O12. The van der Waals surface area contributed by atoms with E-state index >= 15 is 0 Å². The van der Waals surface area contributed by atoms with Crippen molar-refractivity contribution in [2.75, 3.05) is 59.1 Å². The number of rotatable bonds is 15. The minimum absolute atomic E-state index is 0.0449. The Kier molecular flexibility index (Phi) is 17.4. The lowest BCUT2D eigenvalue weighted by atomic mass is 10.0. The van der Waals surface area contributed by atoms with Crippen molar-refractivity contribution in [1.82, 2.24) is 30.7 Å². The molecule has 0 saturated carbocycles. The maximum absolute atomic E-state index is 12.9. The Balaban J connectivity index is 1.65. The summed E-state index contributed by atoms with van der Waals surface area (Å²) in [6, 6.07) is 9.78. The van der Waals surface area contributed by atoms with Crippen LogP contribution in [0.4, 0.5) is 0 Å². The number of nitrogens with zero attached hydrogens (tertiary/aromatic N) is 3. The molecule has 324 valence electrons. The third-order valence-electron chi connectivity index (χ3n) is 9.96. The van der Waals surface area contributed by atoms with E-state index in [-0.39, 0.29) is 53.6 Å². The first-order chi connectivity index (χ1) is 28.0. The molecule has 3 atom stereocenters. The first kappa shape index (κ1) is 46.8. The van der Waals surface area contributed by atoms with Gasteiger partial charge in [-0.15, -0.1) is 0 Å². The maximum Gasteiger partial charge on any atom is 0.257 e. The summed E-state index contributed by atoms with van der Waals surface area (Å²) in [5, 5.41) is 97.5. The fourth-order valence-electron chi connectivity index (χ4n) is 7.12. The molecule has 1 fully saturated rings. The zero-order valence-corrected chi connectivity index (χ0v) is 33.7. The van der Waals surface area contributed by atoms with Gasteiger partial charge in [0.1, 0.15) is 35.9 Å². The van der Waals surface area contributed by atoms with Gasteiger partial charge in [0, 0.05) is 49.4 Å². The number of aryl methyl sites for hydroxylation is 3. The van der Waals surface area contributed by atoms with Crippen LogP contribution in [0, 0.1) is 20.8 Å². The van der Waals surface area contributed by atoms with E-state index in [9.17, 15) is 60.3 Å². The summed E-state index contributed by atoms with van der Waals surface area (Å²) >= 11 is 0. The van der Waals surface area contributed by atoms with E-state index in [0.29, 0.717) is 85.5 Å². The van der Waals surface area contributed by atoms with Crippen LogP contribution in [0.25, 0.3) is 0 Å². The molecule has 1 aliphatic heterocycles. The van der Waals surface area contributed by atoms with Gasteiger partial charge < -0.3 is 61.9 Å². The van der Waals surface area contributed by atoms with Crippen LogP contribution >= 0.6 is 0 Å². The third kappa shape index (κ3) is 13.3. The minimum Gasteiger partial charge on any atom is -0.507 e. The van der Waals surface area contributed by atoms with Crippen molar-refractivity contribution < 1.29 is 60.3 Å². The summed E-state index contributed by atoms with van der Waals surface area (Å²) in [5.41, 5.74) is 3.32. The molecule has 3 aromatic rings. The van der Waals surface area contributed by atoms with Crippen LogP contribution in [0.3, 0.4) is 0 Å². The Bertz CT molecular complexity index is 1830. The average Bonchev–Trinajstić information content (AvgIpc) is 3.23. The molecule has 1 saturated heterocycles. The van der Waals surface area contributed by atoms with E-state index in [4.69, 9.17) is 0 Å². The van der Waals surface area contributed by atoms with Gasteiger partial charge in [0.25, 0.3) is 17.7 Å². The van der Waals surface area contributed by atoms with Gasteiger partial charge in [-0.25, -0.2) is 0 Å². The molecule has 0 radical (unpaired) electrons. The predicted molar refractivity (Wildman–Crippen MR) is 215 cm³/mol. The molecule has 0 aliphatic carbocycles. The molecule has 0 spiro atoms. The fraction of sp³-hybridized carbons (Fsp3) is 0.488. The van der Waals surface area contributed by atoms with Gasteiger partial charge >= 0.3 is 0 Å². The van der Waals surface area contributed by atoms with Crippen molar-refractivity contribution in [2.24, 2.45) is 0 Å². The van der Waals surface area contributed by atoms with E-state index in [0.717, 1.165) is 0 Å². The molecule has 12 N–H and O–H groups in total. The second-order valence-electron chi connectivity index (χ2n) is 15.0. The molecule has 4 rings (SSSR count). The van der Waals surface area contributed by atoms with Crippen LogP contribution < -0.4 is 16.0 Å². The first-order valence-electron chi connectivity index (χ1n) is 19.5. The predicted octanol–water partition coefficient (Wildman–Crippen LogP) is -0.550. The number of aromatic hydroxyl groups is 3. The number of hydrogen-bond acceptors (Lipinski definition) is 15. The maximum atomic E-state index is 12.9. The molecule has 1 aliphatic rings. The van der Waals surface area contributed by atoms with Crippen LogP contribution in [0.5, 0.6) is 17.2 Å². The number of amides is 3. The van der Waals surface area contributed by atoms with Crippen molar-refractivity contribution in [2.45, 2.75) is 71.9 Å². The molecule has 0 bridgehead atoms. The van der Waals surface area contributed by atoms with Gasteiger partial charge in [-0.05, 0) is 94.7 Å². The van der Waals surface area contributed by atoms with Gasteiger partial charge in [0.05, 0.1) is 36.5 Å². The van der Waals surface area contributed by atoms with E-state index in [1.54, 1.807) is 39.0 Å². The van der Waals surface area contributed by atoms with Crippen LogP contribution in [-0.4, -0.2) is 156 Å². The molecule has 0 aromatic heterocycles. The van der Waals surface area contributed by atoms with Gasteiger partial charge in [0.15, 0.2) is 0 Å². The van der Waals surface area contributed by atoms with Crippen molar-refractivity contribution in [1.29, 1.82) is 0 Å². The lowest BCUT2D eigenvalue weighted by molar-refractivity contribution is 0.0540. The number of carbonyl (C=O) groups is 3. The quantitative estimate of drug-likeness (QED) is 0.0857. The number of phenolic OH excluding ortho intramolecular Hbond substituents is 3. The Labute approximate surface area is 342 Å². The number of aliphatic hydroxyl groups excluding tert-OH is 6. The first-order valence-corrected chi connectivity index (χ1v) is 19.5. The highest BCUT2D eigenvalue weighted by atomic mass is 16.3. The Morgan fingerprint density at radius 1 is 0.492 bits per heavy atom. The van der Waals surface area contributed by atoms with Gasteiger partial charge in [0.2, 0.25) is 0 Å². The largest absolute Gasteiger partial charge is 0.507 e. The fourth-order valence-corrected chi connectivity index (χ4v) is 7.12. The van der Waals surface area contributed by atoms with Gasteiger partial charge in [-0.1, -0.05) is 18.2 Å². The van der Waals surface area contributed by atoms with Gasteiger partial charge in [-0.3, -0.25) is 29.1 Å². The SMILES string of the molecule is Cc1cc(CN2CCCN(Cc3cc(C)cc(C(=O)NC(O)CO)c3O)CCN(Cc3cc(C)cc(C(=O)NC(O)CO)c3O)CCC2)c(O)c(C(=O)NC(O)CO)c1. The molecule has 18 nitrogen and oxygen atoms in total. The number of phenols is 3. The lowest BCUT2D eigenvalue weighted by Gasteiger charge is -2.28. The Morgan fingerprint density at radius 3 is 1.00 bits per heavy atom. The van der Waals surface area contributed by atoms with E-state index < -0.39 is 56.2 Å². The van der Waals surface area contributed by atoms with Crippen molar-refractivity contribution >= 4 is 17.7 Å². The van der Waals surface area contributed by atoms with Crippen molar-refractivity contribution in [3.8, 4) is 17.2 Å². The topological polar surface area (TPSA) is 279 Å². The minimum atomic E-state index is -1.51. The van der Waals surface area contributed by atoms with Gasteiger partial charge in [-0.2, -0.15) is 0 Å². The van der Waals surface area contributed by atoms with E-state index in [1.165, 1.54) is 18.2 Å². The highest BCUT2D eigenvalue weighted by Crippen LogP contribution is 2.30. The molecular weight excluding hydrogens is 768 g/mol. The second-order valence-corrected chi connectivity index (χ2v) is 15.0. The summed E-state index contributed by atoms with van der Waals surface area (Å²) in [6.07, 6.45) is -3.25. The lowest BCUT2D eigenvalue weighted by Crippen LogP contribution is -2.38. The zero-order valence-electron chi connectivity index (χ0n) is 33.7. The van der Waals surface area contributed by atoms with Crippen LogP contribution in [-0.2, 0) is 19.6 Å². The number of aliphatic hydroxyl groups is 6. The van der Waals surface area contributed by atoms with E-state index in [1.807, 2.05) is 0 Å². The number of carbonyl (C=O) groups excluding carboxylic acids is 3. The van der Waals surface area contributed by atoms with Crippen molar-refractivity contribution in [3.63, 3.8) is 0 Å². The normalized spacial score (nSPS) is 16.4. The smallest absolute Gasteiger partial charge is 0.257 e. The summed E-state index contributed by atoms with van der Waals surface area (Å²) in [7, 11) is 0. The zero-order chi connectivity index (χ0) is 43.4. The number of hydrogen-bond donors (Lipinski definition) is 12. The monoisotopic (exact) mass is 826 g/mol. The average molecular weight is 827 g/mol. The summed E-state index contributed by atoms with van der Waals surface area (Å²) in [4.78, 5) is 45.0. The summed E-state index contributed by atoms with van der Waals surface area (Å²) < 4.78 is 0. The third-order valence-corrected chi connectivity index (χ3v) is 9.96. The summed E-state index contributed by atoms with van der Waals surface area (Å²) in [6.45, 7) is 7.10. The van der Waals surface area contributed by atoms with E-state index in [2.05, 4.69) is 30.7 Å². The second kappa shape index (κ2) is 21.9.